The van der Waals surface area contributed by atoms with Gasteiger partial charge in [-0.3, -0.25) is 0 Å². The monoisotopic (exact) mass is 244 g/mol. The summed E-state index contributed by atoms with van der Waals surface area (Å²) < 4.78 is 10.9. The minimum Gasteiger partial charge on any atom is -0.497 e. The van der Waals surface area contributed by atoms with E-state index in [-0.39, 0.29) is 0 Å². The van der Waals surface area contributed by atoms with E-state index in [9.17, 15) is 0 Å². The summed E-state index contributed by atoms with van der Waals surface area (Å²) in [6, 6.07) is 8.53. The molecule has 18 heavy (non-hydrogen) atoms. The number of methoxy groups -OCH3 is 1. The minimum absolute atomic E-state index is 0.577. The van der Waals surface area contributed by atoms with Crippen LogP contribution in [-0.4, -0.2) is 20.3 Å². The van der Waals surface area contributed by atoms with Gasteiger partial charge in [-0.2, -0.15) is 0 Å². The van der Waals surface area contributed by atoms with E-state index in [1.807, 2.05) is 0 Å². The first-order valence-electron chi connectivity index (χ1n) is 6.69. The van der Waals surface area contributed by atoms with Crippen molar-refractivity contribution in [1.29, 1.82) is 0 Å². The molecule has 0 unspecified atom stereocenters. The number of rotatable bonds is 2. The van der Waals surface area contributed by atoms with Crippen molar-refractivity contribution < 1.29 is 9.47 Å². The Labute approximate surface area is 109 Å². The Kier molecular flexibility index (Phi) is 3.13. The Hall–Kier alpha value is -1.28. The van der Waals surface area contributed by atoms with Gasteiger partial charge in [-0.05, 0) is 35.4 Å². The summed E-state index contributed by atoms with van der Waals surface area (Å²) in [6.45, 7) is 4.09. The molecule has 96 valence electrons. The van der Waals surface area contributed by atoms with Gasteiger partial charge in [0.2, 0.25) is 0 Å². The van der Waals surface area contributed by atoms with Gasteiger partial charge in [0.1, 0.15) is 5.75 Å². The van der Waals surface area contributed by atoms with Gasteiger partial charge in [0.05, 0.1) is 20.3 Å². The van der Waals surface area contributed by atoms with Gasteiger partial charge in [-0.25, -0.2) is 0 Å². The first-order valence-corrected chi connectivity index (χ1v) is 6.69. The number of ether oxygens (including phenoxy) is 2. The van der Waals surface area contributed by atoms with Crippen molar-refractivity contribution in [2.75, 3.05) is 20.3 Å². The summed E-state index contributed by atoms with van der Waals surface area (Å²) in [5.74, 6) is 3.33. The third-order valence-electron chi connectivity index (χ3n) is 4.36. The predicted octanol–water partition coefficient (Wildman–Crippen LogP) is 3.25. The maximum Gasteiger partial charge on any atom is 0.118 e. The summed E-state index contributed by atoms with van der Waals surface area (Å²) in [4.78, 5) is 0. The van der Waals surface area contributed by atoms with E-state index in [2.05, 4.69) is 43.3 Å². The molecule has 4 atom stereocenters. The van der Waals surface area contributed by atoms with Crippen LogP contribution in [0.5, 0.6) is 5.75 Å². The Balaban J connectivity index is 1.90. The summed E-state index contributed by atoms with van der Waals surface area (Å²) in [7, 11) is 1.71. The van der Waals surface area contributed by atoms with Crippen molar-refractivity contribution >= 4 is 0 Å². The Morgan fingerprint density at radius 1 is 1.11 bits per heavy atom. The second-order valence-electron chi connectivity index (χ2n) is 5.41. The molecule has 3 rings (SSSR count). The lowest BCUT2D eigenvalue weighted by Crippen LogP contribution is -2.27. The average molecular weight is 244 g/mol. The Morgan fingerprint density at radius 2 is 1.89 bits per heavy atom. The van der Waals surface area contributed by atoms with Gasteiger partial charge in [0, 0.05) is 5.92 Å². The molecule has 1 aliphatic heterocycles. The van der Waals surface area contributed by atoms with Crippen molar-refractivity contribution in [3.05, 3.63) is 42.0 Å². The molecule has 2 heteroatoms. The van der Waals surface area contributed by atoms with Crippen LogP contribution < -0.4 is 4.74 Å². The number of allylic oxidation sites excluding steroid dienone is 1. The van der Waals surface area contributed by atoms with Gasteiger partial charge < -0.3 is 9.47 Å². The minimum atomic E-state index is 0.577. The van der Waals surface area contributed by atoms with E-state index in [1.165, 1.54) is 5.56 Å². The maximum absolute atomic E-state index is 5.66. The molecular weight excluding hydrogens is 224 g/mol. The highest BCUT2D eigenvalue weighted by Crippen LogP contribution is 2.44. The lowest BCUT2D eigenvalue weighted by Gasteiger charge is -2.34. The zero-order chi connectivity index (χ0) is 12.5. The third kappa shape index (κ3) is 1.95. The highest BCUT2D eigenvalue weighted by atomic mass is 16.5. The molecule has 2 aliphatic rings. The molecule has 0 radical (unpaired) electrons. The molecule has 2 nitrogen and oxygen atoms in total. The molecule has 1 heterocycles. The van der Waals surface area contributed by atoms with Crippen molar-refractivity contribution in [3.63, 3.8) is 0 Å². The molecule has 1 saturated heterocycles. The summed E-state index contributed by atoms with van der Waals surface area (Å²) in [5.41, 5.74) is 1.41. The fraction of sp³-hybridized carbons (Fsp3) is 0.500. The molecule has 0 aromatic heterocycles. The highest BCUT2D eigenvalue weighted by Gasteiger charge is 2.38. The van der Waals surface area contributed by atoms with E-state index in [1.54, 1.807) is 7.11 Å². The summed E-state index contributed by atoms with van der Waals surface area (Å²) >= 11 is 0. The van der Waals surface area contributed by atoms with Crippen LogP contribution in [-0.2, 0) is 4.74 Å². The molecule has 1 fully saturated rings. The van der Waals surface area contributed by atoms with Gasteiger partial charge in [0.25, 0.3) is 0 Å². The van der Waals surface area contributed by atoms with Gasteiger partial charge in [-0.15, -0.1) is 0 Å². The van der Waals surface area contributed by atoms with E-state index in [4.69, 9.17) is 9.47 Å². The largest absolute Gasteiger partial charge is 0.497 e. The molecular formula is C16H20O2. The van der Waals surface area contributed by atoms with Gasteiger partial charge in [0.15, 0.2) is 0 Å². The van der Waals surface area contributed by atoms with Crippen LogP contribution in [0.3, 0.4) is 0 Å². The molecule has 1 aromatic rings. The summed E-state index contributed by atoms with van der Waals surface area (Å²) in [5, 5.41) is 0. The van der Waals surface area contributed by atoms with Crippen LogP contribution >= 0.6 is 0 Å². The normalized spacial score (nSPS) is 34.3. The quantitative estimate of drug-likeness (QED) is 0.743. The fourth-order valence-electron chi connectivity index (χ4n) is 3.36. The Morgan fingerprint density at radius 3 is 2.61 bits per heavy atom. The average Bonchev–Trinajstić information content (AvgIpc) is 2.87. The van der Waals surface area contributed by atoms with Crippen LogP contribution in [0.2, 0.25) is 0 Å². The fourth-order valence-corrected chi connectivity index (χ4v) is 3.36. The highest BCUT2D eigenvalue weighted by molar-refractivity contribution is 5.32. The number of fused-ring (bicyclic) bond motifs is 1. The first kappa shape index (κ1) is 11.8. The number of hydrogen-bond acceptors (Lipinski definition) is 2. The third-order valence-corrected chi connectivity index (χ3v) is 4.36. The summed E-state index contributed by atoms with van der Waals surface area (Å²) in [6.07, 6.45) is 4.70. The lowest BCUT2D eigenvalue weighted by molar-refractivity contribution is 0.176. The van der Waals surface area contributed by atoms with Gasteiger partial charge in [-0.1, -0.05) is 31.2 Å². The standard InChI is InChI=1S/C16H20O2/c1-11-3-4-13-9-18-10-15(13)16(11)12-5-7-14(17-2)8-6-12/h3-8,11,13,15-16H,9-10H2,1-2H3/t11-,13-,15+,16-/m1/s1. The zero-order valence-electron chi connectivity index (χ0n) is 11.0. The van der Waals surface area contributed by atoms with E-state index in [0.717, 1.165) is 19.0 Å². The molecule has 0 N–H and O–H groups in total. The second-order valence-corrected chi connectivity index (χ2v) is 5.41. The Bertz CT molecular complexity index is 435. The van der Waals surface area contributed by atoms with Gasteiger partial charge >= 0.3 is 0 Å². The number of hydrogen-bond donors (Lipinski definition) is 0. The van der Waals surface area contributed by atoms with E-state index < -0.39 is 0 Å². The molecule has 0 saturated carbocycles. The zero-order valence-corrected chi connectivity index (χ0v) is 11.0. The second kappa shape index (κ2) is 4.77. The first-order chi connectivity index (χ1) is 8.79. The van der Waals surface area contributed by atoms with Crippen LogP contribution in [0.15, 0.2) is 36.4 Å². The SMILES string of the molecule is COc1ccc([C@@H]2[C@H]3COC[C@H]3C=C[C@H]2C)cc1. The van der Waals surface area contributed by atoms with Crippen LogP contribution in [0, 0.1) is 17.8 Å². The molecule has 0 amide bonds. The lowest BCUT2D eigenvalue weighted by atomic mass is 9.69. The molecule has 1 aliphatic carbocycles. The van der Waals surface area contributed by atoms with Crippen molar-refractivity contribution in [2.24, 2.45) is 17.8 Å². The van der Waals surface area contributed by atoms with Crippen molar-refractivity contribution in [1.82, 2.24) is 0 Å². The van der Waals surface area contributed by atoms with Crippen LogP contribution in [0.25, 0.3) is 0 Å². The smallest absolute Gasteiger partial charge is 0.118 e. The predicted molar refractivity (Wildman–Crippen MR) is 71.8 cm³/mol. The van der Waals surface area contributed by atoms with Crippen LogP contribution in [0.1, 0.15) is 18.4 Å². The van der Waals surface area contributed by atoms with Crippen molar-refractivity contribution in [2.45, 2.75) is 12.8 Å². The molecule has 1 aromatic carbocycles. The molecule has 0 bridgehead atoms. The number of benzene rings is 1. The molecule has 0 spiro atoms. The van der Waals surface area contributed by atoms with Crippen molar-refractivity contribution in [3.8, 4) is 5.75 Å². The topological polar surface area (TPSA) is 18.5 Å². The maximum atomic E-state index is 5.66. The van der Waals surface area contributed by atoms with E-state index >= 15 is 0 Å². The van der Waals surface area contributed by atoms with Crippen LogP contribution in [0.4, 0.5) is 0 Å². The van der Waals surface area contributed by atoms with E-state index in [0.29, 0.717) is 23.7 Å².